The highest BCUT2D eigenvalue weighted by atomic mass is 79.9. The third-order valence-electron chi connectivity index (χ3n) is 3.85. The predicted octanol–water partition coefficient (Wildman–Crippen LogP) is 4.74. The van der Waals surface area contributed by atoms with Gasteiger partial charge >= 0.3 is 0 Å². The van der Waals surface area contributed by atoms with Crippen LogP contribution >= 0.6 is 27.5 Å². The molecule has 5 nitrogen and oxygen atoms in total. The molecule has 2 aromatic carbocycles. The van der Waals surface area contributed by atoms with E-state index in [-0.39, 0.29) is 21.5 Å². The largest absolute Gasteiger partial charge is 0.350 e. The summed E-state index contributed by atoms with van der Waals surface area (Å²) in [6, 6.07) is 9.36. The standard InChI is InChI=1S/C18H20BrClN2O3S/c1-4-12(3)21-18(23)14-10-13(6-8-16(14)20)26(24,25)22-17-9-11(2)5-7-15(17)19/h5-10,12,22H,4H2,1-3H3,(H,21,23)/t12-/m0/s1. The van der Waals surface area contributed by atoms with Crippen molar-refractivity contribution in [2.45, 2.75) is 38.1 Å². The molecule has 0 unspecified atom stereocenters. The highest BCUT2D eigenvalue weighted by Crippen LogP contribution is 2.27. The molecule has 0 aliphatic heterocycles. The zero-order valence-electron chi connectivity index (χ0n) is 14.6. The zero-order valence-corrected chi connectivity index (χ0v) is 17.8. The summed E-state index contributed by atoms with van der Waals surface area (Å²) in [7, 11) is -3.88. The summed E-state index contributed by atoms with van der Waals surface area (Å²) in [5.74, 6) is -0.405. The molecule has 0 spiro atoms. The Balaban J connectivity index is 2.37. The lowest BCUT2D eigenvalue weighted by molar-refractivity contribution is 0.0939. The minimum absolute atomic E-state index is 0.0374. The van der Waals surface area contributed by atoms with Crippen LogP contribution in [-0.2, 0) is 10.0 Å². The van der Waals surface area contributed by atoms with Gasteiger partial charge in [-0.2, -0.15) is 0 Å². The molecular weight excluding hydrogens is 440 g/mol. The van der Waals surface area contributed by atoms with Gasteiger partial charge in [0.2, 0.25) is 0 Å². The highest BCUT2D eigenvalue weighted by Gasteiger charge is 2.20. The molecule has 0 fully saturated rings. The van der Waals surface area contributed by atoms with Crippen LogP contribution < -0.4 is 10.0 Å². The Morgan fingerprint density at radius 3 is 2.58 bits per heavy atom. The van der Waals surface area contributed by atoms with Gasteiger partial charge in [0.15, 0.2) is 0 Å². The van der Waals surface area contributed by atoms with Crippen LogP contribution in [0.5, 0.6) is 0 Å². The Kier molecular flexibility index (Phi) is 6.71. The van der Waals surface area contributed by atoms with E-state index < -0.39 is 15.9 Å². The van der Waals surface area contributed by atoms with E-state index in [0.29, 0.717) is 10.2 Å². The lowest BCUT2D eigenvalue weighted by Crippen LogP contribution is -2.32. The topological polar surface area (TPSA) is 75.3 Å². The first kappa shape index (κ1) is 20.7. The molecule has 140 valence electrons. The molecule has 2 aromatic rings. The monoisotopic (exact) mass is 458 g/mol. The van der Waals surface area contributed by atoms with Crippen molar-refractivity contribution in [1.82, 2.24) is 5.32 Å². The Morgan fingerprint density at radius 1 is 1.23 bits per heavy atom. The average Bonchev–Trinajstić information content (AvgIpc) is 2.57. The quantitative estimate of drug-likeness (QED) is 0.655. The maximum atomic E-state index is 12.7. The minimum Gasteiger partial charge on any atom is -0.350 e. The lowest BCUT2D eigenvalue weighted by Gasteiger charge is -2.14. The van der Waals surface area contributed by atoms with Crippen molar-refractivity contribution in [3.63, 3.8) is 0 Å². The summed E-state index contributed by atoms with van der Waals surface area (Å²) < 4.78 is 28.6. The van der Waals surface area contributed by atoms with Gasteiger partial charge in [0.05, 0.1) is 21.2 Å². The molecule has 0 aliphatic carbocycles. The van der Waals surface area contributed by atoms with Crippen LogP contribution in [0.25, 0.3) is 0 Å². The number of carbonyl (C=O) groups is 1. The van der Waals surface area contributed by atoms with E-state index in [9.17, 15) is 13.2 Å². The molecule has 1 amide bonds. The highest BCUT2D eigenvalue weighted by molar-refractivity contribution is 9.10. The van der Waals surface area contributed by atoms with Crippen molar-refractivity contribution in [3.8, 4) is 0 Å². The van der Waals surface area contributed by atoms with Gasteiger partial charge in [-0.3, -0.25) is 9.52 Å². The van der Waals surface area contributed by atoms with E-state index in [1.807, 2.05) is 26.8 Å². The number of hydrogen-bond acceptors (Lipinski definition) is 3. The van der Waals surface area contributed by atoms with Crippen LogP contribution in [0.1, 0.15) is 36.2 Å². The first-order chi connectivity index (χ1) is 12.1. The molecule has 0 aliphatic rings. The fraction of sp³-hybridized carbons (Fsp3) is 0.278. The first-order valence-corrected chi connectivity index (χ1v) is 10.7. The van der Waals surface area contributed by atoms with Crippen LogP contribution in [-0.4, -0.2) is 20.4 Å². The SMILES string of the molecule is CC[C@H](C)NC(=O)c1cc(S(=O)(=O)Nc2cc(C)ccc2Br)ccc1Cl. The number of benzene rings is 2. The summed E-state index contributed by atoms with van der Waals surface area (Å²) in [5.41, 5.74) is 1.46. The Hall–Kier alpha value is -1.57. The number of carbonyl (C=O) groups excluding carboxylic acids is 1. The number of aryl methyl sites for hydroxylation is 1. The van der Waals surface area contributed by atoms with Gasteiger partial charge in [-0.25, -0.2) is 8.42 Å². The Bertz CT molecular complexity index is 932. The number of halogens is 2. The van der Waals surface area contributed by atoms with Crippen LogP contribution in [0.2, 0.25) is 5.02 Å². The number of hydrogen-bond donors (Lipinski definition) is 2. The maximum absolute atomic E-state index is 12.7. The first-order valence-electron chi connectivity index (χ1n) is 8.03. The smallest absolute Gasteiger partial charge is 0.261 e. The summed E-state index contributed by atoms with van der Waals surface area (Å²) in [6.07, 6.45) is 0.754. The van der Waals surface area contributed by atoms with E-state index in [4.69, 9.17) is 11.6 Å². The fourth-order valence-corrected chi connectivity index (χ4v) is 3.95. The van der Waals surface area contributed by atoms with Gasteiger partial charge in [0.1, 0.15) is 0 Å². The Morgan fingerprint density at radius 2 is 1.92 bits per heavy atom. The van der Waals surface area contributed by atoms with Crippen LogP contribution in [0.15, 0.2) is 45.8 Å². The van der Waals surface area contributed by atoms with E-state index in [1.54, 1.807) is 12.1 Å². The molecule has 0 saturated carbocycles. The molecule has 0 aromatic heterocycles. The number of rotatable bonds is 6. The third-order valence-corrected chi connectivity index (χ3v) is 6.23. The van der Waals surface area contributed by atoms with E-state index in [2.05, 4.69) is 26.0 Å². The van der Waals surface area contributed by atoms with Gasteiger partial charge < -0.3 is 5.32 Å². The van der Waals surface area contributed by atoms with Crippen molar-refractivity contribution in [3.05, 3.63) is 57.0 Å². The molecular formula is C18H20BrClN2O3S. The van der Waals surface area contributed by atoms with Gasteiger partial charge in [-0.05, 0) is 72.1 Å². The van der Waals surface area contributed by atoms with Crippen molar-refractivity contribution >= 4 is 49.1 Å². The van der Waals surface area contributed by atoms with Gasteiger partial charge in [-0.1, -0.05) is 24.6 Å². The molecule has 2 rings (SSSR count). The fourth-order valence-electron chi connectivity index (χ4n) is 2.17. The van der Waals surface area contributed by atoms with Gasteiger partial charge in [0, 0.05) is 10.5 Å². The molecule has 0 saturated heterocycles. The molecule has 8 heteroatoms. The number of nitrogens with one attached hydrogen (secondary N) is 2. The molecule has 26 heavy (non-hydrogen) atoms. The average molecular weight is 460 g/mol. The number of sulfonamides is 1. The normalized spacial score (nSPS) is 12.5. The Labute approximate surface area is 167 Å². The van der Waals surface area contributed by atoms with Crippen LogP contribution in [0, 0.1) is 6.92 Å². The van der Waals surface area contributed by atoms with Crippen molar-refractivity contribution in [2.75, 3.05) is 4.72 Å². The van der Waals surface area contributed by atoms with Crippen LogP contribution in [0.4, 0.5) is 5.69 Å². The van der Waals surface area contributed by atoms with Gasteiger partial charge in [0.25, 0.3) is 15.9 Å². The minimum atomic E-state index is -3.88. The van der Waals surface area contributed by atoms with Gasteiger partial charge in [-0.15, -0.1) is 0 Å². The summed E-state index contributed by atoms with van der Waals surface area (Å²) >= 11 is 9.42. The molecule has 2 N–H and O–H groups in total. The molecule has 0 radical (unpaired) electrons. The summed E-state index contributed by atoms with van der Waals surface area (Å²) in [6.45, 7) is 5.67. The molecule has 0 bridgehead atoms. The van der Waals surface area contributed by atoms with Crippen molar-refractivity contribution < 1.29 is 13.2 Å². The second-order valence-electron chi connectivity index (χ2n) is 6.01. The molecule has 1 atom stereocenters. The van der Waals surface area contributed by atoms with Crippen LogP contribution in [0.3, 0.4) is 0 Å². The number of amides is 1. The molecule has 0 heterocycles. The third kappa shape index (κ3) is 4.99. The zero-order chi connectivity index (χ0) is 19.5. The van der Waals surface area contributed by atoms with E-state index in [1.165, 1.54) is 18.2 Å². The second-order valence-corrected chi connectivity index (χ2v) is 8.96. The lowest BCUT2D eigenvalue weighted by atomic mass is 10.2. The van der Waals surface area contributed by atoms with E-state index >= 15 is 0 Å². The summed E-state index contributed by atoms with van der Waals surface area (Å²) in [4.78, 5) is 12.3. The number of anilines is 1. The maximum Gasteiger partial charge on any atom is 0.261 e. The predicted molar refractivity (Wildman–Crippen MR) is 108 cm³/mol. The van der Waals surface area contributed by atoms with E-state index in [0.717, 1.165) is 12.0 Å². The van der Waals surface area contributed by atoms with Crippen molar-refractivity contribution in [2.24, 2.45) is 0 Å². The van der Waals surface area contributed by atoms with Crippen molar-refractivity contribution in [1.29, 1.82) is 0 Å². The summed E-state index contributed by atoms with van der Waals surface area (Å²) in [5, 5.41) is 2.98. The second kappa shape index (κ2) is 8.41.